The average Bonchev–Trinajstić information content (AvgIpc) is 2.39. The molecule has 1 fully saturated rings. The predicted octanol–water partition coefficient (Wildman–Crippen LogP) is 2.50. The van der Waals surface area contributed by atoms with E-state index in [2.05, 4.69) is 12.2 Å². The first-order valence-electron chi connectivity index (χ1n) is 6.29. The highest BCUT2D eigenvalue weighted by Crippen LogP contribution is 2.31. The van der Waals surface area contributed by atoms with E-state index in [0.717, 1.165) is 24.9 Å². The van der Waals surface area contributed by atoms with Crippen LogP contribution in [0, 0.1) is 5.92 Å². The Labute approximate surface area is 97.7 Å². The summed E-state index contributed by atoms with van der Waals surface area (Å²) in [4.78, 5) is 0. The zero-order valence-electron chi connectivity index (χ0n) is 9.89. The van der Waals surface area contributed by atoms with Gasteiger partial charge in [-0.25, -0.2) is 0 Å². The van der Waals surface area contributed by atoms with E-state index in [9.17, 15) is 5.11 Å². The molecular weight excluding hydrogens is 198 g/mol. The fourth-order valence-corrected chi connectivity index (χ4v) is 2.70. The highest BCUT2D eigenvalue weighted by Gasteiger charge is 2.30. The molecule has 2 rings (SSSR count). The lowest BCUT2D eigenvalue weighted by molar-refractivity contribution is 0.0638. The Morgan fingerprint density at radius 2 is 2.12 bits per heavy atom. The Bertz CT molecular complexity index is 312. The molecule has 0 bridgehead atoms. The highest BCUT2D eigenvalue weighted by molar-refractivity contribution is 5.18. The molecule has 1 aromatic rings. The molecule has 0 aromatic heterocycles. The maximum Gasteiger partial charge on any atom is 0.0833 e. The Morgan fingerprint density at radius 3 is 2.81 bits per heavy atom. The van der Waals surface area contributed by atoms with Crippen molar-refractivity contribution in [2.45, 2.75) is 38.3 Å². The van der Waals surface area contributed by atoms with Crippen LogP contribution >= 0.6 is 0 Å². The van der Waals surface area contributed by atoms with Gasteiger partial charge in [0.25, 0.3) is 0 Å². The standard InChI is InChI=1S/C14H21NO/c1-2-13-12(9-6-10-15-13)14(16)11-7-4-3-5-8-11/h3-5,7-8,12-16H,2,6,9-10H2,1H3. The van der Waals surface area contributed by atoms with Crippen LogP contribution < -0.4 is 5.32 Å². The second-order valence-electron chi connectivity index (χ2n) is 4.63. The molecule has 88 valence electrons. The summed E-state index contributed by atoms with van der Waals surface area (Å²) in [5.74, 6) is 0.362. The number of piperidine rings is 1. The first-order chi connectivity index (χ1) is 7.83. The normalized spacial score (nSPS) is 27.6. The van der Waals surface area contributed by atoms with Gasteiger partial charge in [0.2, 0.25) is 0 Å². The van der Waals surface area contributed by atoms with Crippen LogP contribution in [0.15, 0.2) is 30.3 Å². The molecule has 1 aliphatic heterocycles. The molecule has 1 saturated heterocycles. The third kappa shape index (κ3) is 2.45. The SMILES string of the molecule is CCC1NCCCC1C(O)c1ccccc1. The van der Waals surface area contributed by atoms with Crippen molar-refractivity contribution in [1.29, 1.82) is 0 Å². The molecule has 3 unspecified atom stereocenters. The molecule has 0 radical (unpaired) electrons. The zero-order valence-corrected chi connectivity index (χ0v) is 9.89. The summed E-state index contributed by atoms with van der Waals surface area (Å²) < 4.78 is 0. The van der Waals surface area contributed by atoms with E-state index in [1.54, 1.807) is 0 Å². The lowest BCUT2D eigenvalue weighted by atomic mass is 9.82. The molecular formula is C14H21NO. The van der Waals surface area contributed by atoms with Crippen molar-refractivity contribution in [2.24, 2.45) is 5.92 Å². The van der Waals surface area contributed by atoms with Crippen LogP contribution in [0.2, 0.25) is 0 Å². The molecule has 1 aliphatic rings. The molecule has 2 N–H and O–H groups in total. The van der Waals surface area contributed by atoms with Gasteiger partial charge in [0.15, 0.2) is 0 Å². The lowest BCUT2D eigenvalue weighted by Crippen LogP contribution is -2.43. The van der Waals surface area contributed by atoms with E-state index in [1.807, 2.05) is 30.3 Å². The van der Waals surface area contributed by atoms with Gasteiger partial charge in [0.05, 0.1) is 6.10 Å². The van der Waals surface area contributed by atoms with Crippen molar-refractivity contribution in [3.63, 3.8) is 0 Å². The van der Waals surface area contributed by atoms with Crippen LogP contribution in [0.4, 0.5) is 0 Å². The van der Waals surface area contributed by atoms with Crippen molar-refractivity contribution in [1.82, 2.24) is 5.32 Å². The first-order valence-corrected chi connectivity index (χ1v) is 6.29. The molecule has 1 aromatic carbocycles. The number of nitrogens with one attached hydrogen (secondary N) is 1. The predicted molar refractivity (Wildman–Crippen MR) is 66.2 cm³/mol. The van der Waals surface area contributed by atoms with E-state index in [1.165, 1.54) is 6.42 Å². The van der Waals surface area contributed by atoms with Gasteiger partial charge in [0.1, 0.15) is 0 Å². The first kappa shape index (κ1) is 11.6. The molecule has 1 heterocycles. The van der Waals surface area contributed by atoms with Gasteiger partial charge < -0.3 is 10.4 Å². The molecule has 0 aliphatic carbocycles. The topological polar surface area (TPSA) is 32.3 Å². The van der Waals surface area contributed by atoms with Crippen molar-refractivity contribution in [3.05, 3.63) is 35.9 Å². The van der Waals surface area contributed by atoms with E-state index >= 15 is 0 Å². The van der Waals surface area contributed by atoms with Crippen LogP contribution in [-0.4, -0.2) is 17.7 Å². The maximum absolute atomic E-state index is 10.4. The Kier molecular flexibility index (Phi) is 3.97. The number of rotatable bonds is 3. The van der Waals surface area contributed by atoms with E-state index in [4.69, 9.17) is 0 Å². The molecule has 0 amide bonds. The Balaban J connectivity index is 2.10. The second kappa shape index (κ2) is 5.46. The molecule has 2 nitrogen and oxygen atoms in total. The third-order valence-corrected chi connectivity index (χ3v) is 3.62. The van der Waals surface area contributed by atoms with Crippen molar-refractivity contribution >= 4 is 0 Å². The second-order valence-corrected chi connectivity index (χ2v) is 4.63. The van der Waals surface area contributed by atoms with Gasteiger partial charge in [-0.05, 0) is 31.4 Å². The van der Waals surface area contributed by atoms with E-state index < -0.39 is 0 Å². The van der Waals surface area contributed by atoms with Crippen LogP contribution in [0.3, 0.4) is 0 Å². The summed E-state index contributed by atoms with van der Waals surface area (Å²) in [5.41, 5.74) is 1.05. The fourth-order valence-electron chi connectivity index (χ4n) is 2.70. The summed E-state index contributed by atoms with van der Waals surface area (Å²) in [6, 6.07) is 10.5. The van der Waals surface area contributed by atoms with E-state index in [-0.39, 0.29) is 6.10 Å². The van der Waals surface area contributed by atoms with Gasteiger partial charge >= 0.3 is 0 Å². The number of hydrogen-bond donors (Lipinski definition) is 2. The number of aliphatic hydroxyl groups is 1. The maximum atomic E-state index is 10.4. The quantitative estimate of drug-likeness (QED) is 0.818. The summed E-state index contributed by atoms with van der Waals surface area (Å²) in [5, 5.41) is 13.9. The third-order valence-electron chi connectivity index (χ3n) is 3.62. The lowest BCUT2D eigenvalue weighted by Gasteiger charge is -2.35. The minimum atomic E-state index is -0.320. The summed E-state index contributed by atoms with van der Waals surface area (Å²) in [7, 11) is 0. The largest absolute Gasteiger partial charge is 0.388 e. The molecule has 3 atom stereocenters. The smallest absolute Gasteiger partial charge is 0.0833 e. The van der Waals surface area contributed by atoms with Gasteiger partial charge in [0, 0.05) is 12.0 Å². The number of hydrogen-bond acceptors (Lipinski definition) is 2. The summed E-state index contributed by atoms with van der Waals surface area (Å²) >= 11 is 0. The average molecular weight is 219 g/mol. The molecule has 0 spiro atoms. The highest BCUT2D eigenvalue weighted by atomic mass is 16.3. The van der Waals surface area contributed by atoms with Crippen LogP contribution in [0.1, 0.15) is 37.9 Å². The monoisotopic (exact) mass is 219 g/mol. The van der Waals surface area contributed by atoms with Crippen molar-refractivity contribution < 1.29 is 5.11 Å². The van der Waals surface area contributed by atoms with E-state index in [0.29, 0.717) is 12.0 Å². The van der Waals surface area contributed by atoms with Crippen LogP contribution in [-0.2, 0) is 0 Å². The Hall–Kier alpha value is -0.860. The number of aliphatic hydroxyl groups excluding tert-OH is 1. The molecule has 2 heteroatoms. The van der Waals surface area contributed by atoms with Crippen molar-refractivity contribution in [2.75, 3.05) is 6.54 Å². The molecule has 16 heavy (non-hydrogen) atoms. The fraction of sp³-hybridized carbons (Fsp3) is 0.571. The summed E-state index contributed by atoms with van der Waals surface area (Å²) in [6.07, 6.45) is 3.07. The summed E-state index contributed by atoms with van der Waals surface area (Å²) in [6.45, 7) is 3.28. The van der Waals surface area contributed by atoms with Gasteiger partial charge in [-0.2, -0.15) is 0 Å². The van der Waals surface area contributed by atoms with Crippen LogP contribution in [0.5, 0.6) is 0 Å². The van der Waals surface area contributed by atoms with Gasteiger partial charge in [-0.3, -0.25) is 0 Å². The Morgan fingerprint density at radius 1 is 1.38 bits per heavy atom. The van der Waals surface area contributed by atoms with Gasteiger partial charge in [-0.15, -0.1) is 0 Å². The minimum absolute atomic E-state index is 0.320. The van der Waals surface area contributed by atoms with Gasteiger partial charge in [-0.1, -0.05) is 37.3 Å². The number of benzene rings is 1. The minimum Gasteiger partial charge on any atom is -0.388 e. The van der Waals surface area contributed by atoms with Crippen LogP contribution in [0.25, 0.3) is 0 Å². The zero-order chi connectivity index (χ0) is 11.4. The van der Waals surface area contributed by atoms with Crippen molar-refractivity contribution in [3.8, 4) is 0 Å². The molecule has 0 saturated carbocycles.